The summed E-state index contributed by atoms with van der Waals surface area (Å²) in [5, 5.41) is 8.61. The molecule has 1 aliphatic rings. The van der Waals surface area contributed by atoms with Crippen LogP contribution in [-0.4, -0.2) is 39.9 Å². The molecule has 26 heavy (non-hydrogen) atoms. The Kier molecular flexibility index (Phi) is 3.95. The lowest BCUT2D eigenvalue weighted by atomic mass is 10.1. The Hall–Kier alpha value is -3.15. The third-order valence-electron chi connectivity index (χ3n) is 4.82. The lowest BCUT2D eigenvalue weighted by molar-refractivity contribution is 0.0707. The number of nitrogens with zero attached hydrogens (tertiary/aromatic N) is 5. The van der Waals surface area contributed by atoms with Crippen molar-refractivity contribution in [2.75, 3.05) is 19.0 Å². The zero-order valence-corrected chi connectivity index (χ0v) is 15.1. The van der Waals surface area contributed by atoms with Gasteiger partial charge in [-0.25, -0.2) is 4.68 Å². The van der Waals surface area contributed by atoms with Crippen LogP contribution in [0, 0.1) is 6.92 Å². The summed E-state index contributed by atoms with van der Waals surface area (Å²) in [6.45, 7) is 2.73. The zero-order valence-electron chi connectivity index (χ0n) is 15.1. The van der Waals surface area contributed by atoms with Gasteiger partial charge in [0.15, 0.2) is 6.17 Å². The molecule has 6 heteroatoms. The summed E-state index contributed by atoms with van der Waals surface area (Å²) in [5.74, 6) is -0.00284. The fourth-order valence-electron chi connectivity index (χ4n) is 3.56. The van der Waals surface area contributed by atoms with Crippen LogP contribution in [0.5, 0.6) is 0 Å². The highest BCUT2D eigenvalue weighted by molar-refractivity contribution is 6.01. The lowest BCUT2D eigenvalue weighted by Gasteiger charge is -2.40. The van der Waals surface area contributed by atoms with Crippen LogP contribution in [0.1, 0.15) is 33.3 Å². The van der Waals surface area contributed by atoms with Gasteiger partial charge < -0.3 is 9.80 Å². The van der Waals surface area contributed by atoms with E-state index in [1.807, 2.05) is 48.3 Å². The van der Waals surface area contributed by atoms with Gasteiger partial charge >= 0.3 is 0 Å². The van der Waals surface area contributed by atoms with E-state index in [1.54, 1.807) is 11.9 Å². The van der Waals surface area contributed by atoms with Crippen LogP contribution in [0.15, 0.2) is 54.7 Å². The molecule has 0 bridgehead atoms. The Labute approximate surface area is 152 Å². The van der Waals surface area contributed by atoms with Crippen molar-refractivity contribution in [3.05, 3.63) is 77.1 Å². The number of aryl methyl sites for hydroxylation is 1. The van der Waals surface area contributed by atoms with Gasteiger partial charge in [0.1, 0.15) is 5.69 Å². The van der Waals surface area contributed by atoms with E-state index in [9.17, 15) is 4.79 Å². The second kappa shape index (κ2) is 6.29. The van der Waals surface area contributed by atoms with E-state index in [0.717, 1.165) is 11.4 Å². The van der Waals surface area contributed by atoms with Crippen LogP contribution in [0.2, 0.25) is 0 Å². The quantitative estimate of drug-likeness (QED) is 0.731. The van der Waals surface area contributed by atoms with Crippen molar-refractivity contribution in [3.63, 3.8) is 0 Å². The van der Waals surface area contributed by atoms with Gasteiger partial charge in [-0.15, -0.1) is 5.10 Å². The molecule has 2 heterocycles. The molecule has 6 nitrogen and oxygen atoms in total. The SMILES string of the molecule is Cc1cccc(Cn2cc([C@@H]3N(C)C(=O)c4ccccc4N3C)nn2)c1. The van der Waals surface area contributed by atoms with Crippen LogP contribution in [-0.2, 0) is 6.54 Å². The van der Waals surface area contributed by atoms with Crippen LogP contribution < -0.4 is 4.90 Å². The first kappa shape index (κ1) is 16.3. The molecular weight excluding hydrogens is 326 g/mol. The molecule has 132 valence electrons. The van der Waals surface area contributed by atoms with E-state index >= 15 is 0 Å². The van der Waals surface area contributed by atoms with E-state index < -0.39 is 0 Å². The Bertz CT molecular complexity index is 964. The molecule has 0 N–H and O–H groups in total. The molecule has 1 amide bonds. The van der Waals surface area contributed by atoms with Gasteiger partial charge in [-0.05, 0) is 24.6 Å². The highest BCUT2D eigenvalue weighted by Crippen LogP contribution is 2.35. The standard InChI is InChI=1S/C20H21N5O/c1-14-7-6-8-15(11-14)12-25-13-17(21-22-25)19-23(2)18-10-5-4-9-16(18)20(26)24(19)3/h4-11,13,19H,12H2,1-3H3/t19-/m0/s1. The normalized spacial score (nSPS) is 16.7. The Balaban J connectivity index is 1.64. The first-order valence-corrected chi connectivity index (χ1v) is 8.59. The number of rotatable bonds is 3. The first-order chi connectivity index (χ1) is 12.5. The molecule has 1 aromatic heterocycles. The largest absolute Gasteiger partial charge is 0.348 e. The minimum absolute atomic E-state index is 0.00284. The topological polar surface area (TPSA) is 54.3 Å². The summed E-state index contributed by atoms with van der Waals surface area (Å²) in [7, 11) is 3.78. The molecule has 0 spiro atoms. The highest BCUT2D eigenvalue weighted by atomic mass is 16.2. The minimum atomic E-state index is -0.274. The smallest absolute Gasteiger partial charge is 0.257 e. The molecule has 2 aromatic carbocycles. The van der Waals surface area contributed by atoms with E-state index in [1.165, 1.54) is 11.1 Å². The molecule has 0 saturated carbocycles. The highest BCUT2D eigenvalue weighted by Gasteiger charge is 2.35. The minimum Gasteiger partial charge on any atom is -0.348 e. The summed E-state index contributed by atoms with van der Waals surface area (Å²) in [4.78, 5) is 16.5. The van der Waals surface area contributed by atoms with E-state index in [0.29, 0.717) is 12.1 Å². The number of benzene rings is 2. The fourth-order valence-corrected chi connectivity index (χ4v) is 3.56. The van der Waals surface area contributed by atoms with Crippen molar-refractivity contribution in [2.24, 2.45) is 0 Å². The van der Waals surface area contributed by atoms with E-state index in [-0.39, 0.29) is 12.1 Å². The maximum atomic E-state index is 12.7. The average molecular weight is 347 g/mol. The lowest BCUT2D eigenvalue weighted by Crippen LogP contribution is -2.45. The molecular formula is C20H21N5O. The molecule has 0 unspecified atom stereocenters. The number of anilines is 1. The monoisotopic (exact) mass is 347 g/mol. The van der Waals surface area contributed by atoms with Crippen LogP contribution in [0.4, 0.5) is 5.69 Å². The Morgan fingerprint density at radius 2 is 1.85 bits per heavy atom. The molecule has 0 radical (unpaired) electrons. The Morgan fingerprint density at radius 1 is 1.04 bits per heavy atom. The Morgan fingerprint density at radius 3 is 2.65 bits per heavy atom. The molecule has 0 aliphatic carbocycles. The number of fused-ring (bicyclic) bond motifs is 1. The van der Waals surface area contributed by atoms with Crippen LogP contribution >= 0.6 is 0 Å². The molecule has 4 rings (SSSR count). The van der Waals surface area contributed by atoms with Gasteiger partial charge in [0.2, 0.25) is 0 Å². The molecule has 0 saturated heterocycles. The number of amides is 1. The van der Waals surface area contributed by atoms with Crippen LogP contribution in [0.3, 0.4) is 0 Å². The molecule has 0 fully saturated rings. The van der Waals surface area contributed by atoms with Gasteiger partial charge in [-0.3, -0.25) is 4.79 Å². The van der Waals surface area contributed by atoms with Crippen molar-refractivity contribution in [1.82, 2.24) is 19.9 Å². The van der Waals surface area contributed by atoms with E-state index in [4.69, 9.17) is 0 Å². The number of hydrogen-bond donors (Lipinski definition) is 0. The summed E-state index contributed by atoms with van der Waals surface area (Å²) in [6.07, 6.45) is 1.64. The second-order valence-electron chi connectivity index (χ2n) is 6.75. The van der Waals surface area contributed by atoms with E-state index in [2.05, 4.69) is 40.3 Å². The first-order valence-electron chi connectivity index (χ1n) is 8.59. The summed E-state index contributed by atoms with van der Waals surface area (Å²) in [6, 6.07) is 16.0. The van der Waals surface area contributed by atoms with Crippen molar-refractivity contribution in [1.29, 1.82) is 0 Å². The number of hydrogen-bond acceptors (Lipinski definition) is 4. The van der Waals surface area contributed by atoms with Gasteiger partial charge in [-0.1, -0.05) is 47.2 Å². The average Bonchev–Trinajstić information content (AvgIpc) is 3.08. The van der Waals surface area contributed by atoms with Crippen LogP contribution in [0.25, 0.3) is 0 Å². The van der Waals surface area contributed by atoms with Gasteiger partial charge in [0.25, 0.3) is 5.91 Å². The maximum Gasteiger partial charge on any atom is 0.257 e. The third kappa shape index (κ3) is 2.73. The van der Waals surface area contributed by atoms with Crippen molar-refractivity contribution >= 4 is 11.6 Å². The second-order valence-corrected chi connectivity index (χ2v) is 6.75. The number of carbonyl (C=O) groups excluding carboxylic acids is 1. The van der Waals surface area contributed by atoms with Crippen molar-refractivity contribution in [2.45, 2.75) is 19.6 Å². The number of para-hydroxylation sites is 1. The third-order valence-corrected chi connectivity index (χ3v) is 4.82. The number of aromatic nitrogens is 3. The summed E-state index contributed by atoms with van der Waals surface area (Å²) in [5.41, 5.74) is 4.77. The van der Waals surface area contributed by atoms with Crippen molar-refractivity contribution in [3.8, 4) is 0 Å². The van der Waals surface area contributed by atoms with Gasteiger partial charge in [0, 0.05) is 14.1 Å². The van der Waals surface area contributed by atoms with Gasteiger partial charge in [0.05, 0.1) is 24.0 Å². The molecule has 1 aliphatic heterocycles. The van der Waals surface area contributed by atoms with Crippen molar-refractivity contribution < 1.29 is 4.79 Å². The predicted molar refractivity (Wildman–Crippen MR) is 100.0 cm³/mol. The number of carbonyl (C=O) groups is 1. The molecule has 3 aromatic rings. The fraction of sp³-hybridized carbons (Fsp3) is 0.250. The van der Waals surface area contributed by atoms with Gasteiger partial charge in [-0.2, -0.15) is 0 Å². The maximum absolute atomic E-state index is 12.7. The predicted octanol–water partition coefficient (Wildman–Crippen LogP) is 2.86. The summed E-state index contributed by atoms with van der Waals surface area (Å²) < 4.78 is 1.82. The zero-order chi connectivity index (χ0) is 18.3. The summed E-state index contributed by atoms with van der Waals surface area (Å²) >= 11 is 0. The molecule has 1 atom stereocenters.